The van der Waals surface area contributed by atoms with Crippen LogP contribution in [-0.2, 0) is 9.47 Å². The average molecular weight is 295 g/mol. The summed E-state index contributed by atoms with van der Waals surface area (Å²) in [4.78, 5) is 13.7. The fourth-order valence-corrected chi connectivity index (χ4v) is 2.34. The molecule has 1 saturated heterocycles. The number of aromatic nitrogens is 2. The molecule has 1 aromatic heterocycles. The van der Waals surface area contributed by atoms with E-state index >= 15 is 0 Å². The van der Waals surface area contributed by atoms with Crippen molar-refractivity contribution in [1.29, 1.82) is 0 Å². The Balaban J connectivity index is 1.78. The molecular formula is C13H17N3O3S. The summed E-state index contributed by atoms with van der Waals surface area (Å²) < 4.78 is 10.1. The number of carbonyl (C=O) groups excluding carboxylic acids is 1. The Morgan fingerprint density at radius 3 is 3.00 bits per heavy atom. The number of hydrogen-bond donors (Lipinski definition) is 0. The second kappa shape index (κ2) is 7.94. The van der Waals surface area contributed by atoms with Crippen LogP contribution in [0.1, 0.15) is 28.2 Å². The molecule has 108 valence electrons. The van der Waals surface area contributed by atoms with Crippen LogP contribution in [0.15, 0.2) is 0 Å². The SMILES string of the molecule is CCOC(=O)c1nnc(C#CCCN2CCOCC2)s1. The first-order valence-electron chi connectivity index (χ1n) is 6.59. The molecule has 1 aliphatic rings. The minimum atomic E-state index is -0.439. The molecule has 0 spiro atoms. The van der Waals surface area contributed by atoms with Gasteiger partial charge in [0.2, 0.25) is 5.01 Å². The van der Waals surface area contributed by atoms with Gasteiger partial charge in [-0.25, -0.2) is 4.79 Å². The van der Waals surface area contributed by atoms with Gasteiger partial charge in [0.15, 0.2) is 5.01 Å². The molecule has 0 aromatic carbocycles. The molecule has 0 N–H and O–H groups in total. The molecule has 0 radical (unpaired) electrons. The topological polar surface area (TPSA) is 64.5 Å². The second-order valence-corrected chi connectivity index (χ2v) is 5.12. The van der Waals surface area contributed by atoms with E-state index in [1.807, 2.05) is 0 Å². The molecule has 0 bridgehead atoms. The number of nitrogens with zero attached hydrogens (tertiary/aromatic N) is 3. The van der Waals surface area contributed by atoms with Gasteiger partial charge in [-0.1, -0.05) is 17.3 Å². The maximum atomic E-state index is 11.4. The second-order valence-electron chi connectivity index (χ2n) is 4.14. The number of esters is 1. The lowest BCUT2D eigenvalue weighted by Gasteiger charge is -2.25. The minimum Gasteiger partial charge on any atom is -0.461 e. The highest BCUT2D eigenvalue weighted by molar-refractivity contribution is 7.13. The van der Waals surface area contributed by atoms with Gasteiger partial charge in [-0.2, -0.15) is 0 Å². The van der Waals surface area contributed by atoms with Gasteiger partial charge in [0.05, 0.1) is 19.8 Å². The summed E-state index contributed by atoms with van der Waals surface area (Å²) in [7, 11) is 0. The van der Waals surface area contributed by atoms with Crippen molar-refractivity contribution in [3.8, 4) is 11.8 Å². The highest BCUT2D eigenvalue weighted by atomic mass is 32.1. The van der Waals surface area contributed by atoms with Crippen LogP contribution in [0.3, 0.4) is 0 Å². The van der Waals surface area contributed by atoms with Crippen molar-refractivity contribution >= 4 is 17.3 Å². The Morgan fingerprint density at radius 2 is 2.25 bits per heavy atom. The minimum absolute atomic E-state index is 0.254. The summed E-state index contributed by atoms with van der Waals surface area (Å²) in [5.41, 5.74) is 0. The highest BCUT2D eigenvalue weighted by Gasteiger charge is 2.12. The van der Waals surface area contributed by atoms with Crippen molar-refractivity contribution < 1.29 is 14.3 Å². The summed E-state index contributed by atoms with van der Waals surface area (Å²) in [5.74, 6) is 5.55. The van der Waals surface area contributed by atoms with Crippen LogP contribution in [-0.4, -0.2) is 60.5 Å². The molecule has 20 heavy (non-hydrogen) atoms. The van der Waals surface area contributed by atoms with Gasteiger partial charge in [-0.3, -0.25) is 4.90 Å². The molecular weight excluding hydrogens is 278 g/mol. The van der Waals surface area contributed by atoms with Gasteiger partial charge in [-0.15, -0.1) is 10.2 Å². The molecule has 2 heterocycles. The van der Waals surface area contributed by atoms with Crippen molar-refractivity contribution in [2.45, 2.75) is 13.3 Å². The number of hydrogen-bond acceptors (Lipinski definition) is 7. The lowest BCUT2D eigenvalue weighted by atomic mass is 10.3. The first kappa shape index (κ1) is 14.9. The van der Waals surface area contributed by atoms with Gasteiger partial charge in [0.1, 0.15) is 0 Å². The molecule has 0 amide bonds. The van der Waals surface area contributed by atoms with Crippen LogP contribution in [0.2, 0.25) is 0 Å². The number of carbonyl (C=O) groups is 1. The fraction of sp³-hybridized carbons (Fsp3) is 0.615. The van der Waals surface area contributed by atoms with Crippen LogP contribution >= 0.6 is 11.3 Å². The van der Waals surface area contributed by atoms with Crippen molar-refractivity contribution in [2.24, 2.45) is 0 Å². The van der Waals surface area contributed by atoms with E-state index < -0.39 is 5.97 Å². The van der Waals surface area contributed by atoms with E-state index in [4.69, 9.17) is 9.47 Å². The first-order valence-corrected chi connectivity index (χ1v) is 7.41. The smallest absolute Gasteiger partial charge is 0.369 e. The Bertz CT molecular complexity index is 500. The zero-order valence-corrected chi connectivity index (χ0v) is 12.2. The van der Waals surface area contributed by atoms with Crippen LogP contribution in [0, 0.1) is 11.8 Å². The van der Waals surface area contributed by atoms with Crippen LogP contribution in [0.25, 0.3) is 0 Å². The normalized spacial score (nSPS) is 15.4. The fourth-order valence-electron chi connectivity index (χ4n) is 1.73. The molecule has 7 heteroatoms. The quantitative estimate of drug-likeness (QED) is 0.604. The first-order chi connectivity index (χ1) is 9.79. The largest absolute Gasteiger partial charge is 0.461 e. The average Bonchev–Trinajstić information content (AvgIpc) is 2.94. The third-order valence-corrected chi connectivity index (χ3v) is 3.55. The maximum Gasteiger partial charge on any atom is 0.369 e. The lowest BCUT2D eigenvalue weighted by Crippen LogP contribution is -2.36. The molecule has 1 fully saturated rings. The standard InChI is InChI=1S/C13H17N3O3S/c1-2-19-13(17)12-15-14-11(20-12)5-3-4-6-16-7-9-18-10-8-16/h2,4,6-10H2,1H3. The highest BCUT2D eigenvalue weighted by Crippen LogP contribution is 2.09. The van der Waals surface area contributed by atoms with Crippen LogP contribution in [0.4, 0.5) is 0 Å². The predicted molar refractivity (Wildman–Crippen MR) is 74.6 cm³/mol. The van der Waals surface area contributed by atoms with Crippen LogP contribution < -0.4 is 0 Å². The van der Waals surface area contributed by atoms with Crippen molar-refractivity contribution in [3.63, 3.8) is 0 Å². The molecule has 1 aromatic rings. The van der Waals surface area contributed by atoms with Crippen LogP contribution in [0.5, 0.6) is 0 Å². The molecule has 2 rings (SSSR count). The molecule has 0 unspecified atom stereocenters. The van der Waals surface area contributed by atoms with Crippen molar-refractivity contribution in [3.05, 3.63) is 10.0 Å². The zero-order chi connectivity index (χ0) is 14.2. The van der Waals surface area contributed by atoms with Gasteiger partial charge in [0, 0.05) is 26.1 Å². The lowest BCUT2D eigenvalue weighted by molar-refractivity contribution is 0.0390. The number of morpholine rings is 1. The molecule has 0 atom stereocenters. The Labute approximate surface area is 122 Å². The van der Waals surface area contributed by atoms with Gasteiger partial charge in [-0.05, 0) is 12.8 Å². The summed E-state index contributed by atoms with van der Waals surface area (Å²) in [5, 5.41) is 8.44. The Kier molecular flexibility index (Phi) is 5.92. The van der Waals surface area contributed by atoms with E-state index in [2.05, 4.69) is 26.9 Å². The third kappa shape index (κ3) is 4.56. The Morgan fingerprint density at radius 1 is 1.45 bits per heavy atom. The van der Waals surface area contributed by atoms with E-state index in [0.717, 1.165) is 50.6 Å². The summed E-state index contributed by atoms with van der Waals surface area (Å²) in [6, 6.07) is 0. The maximum absolute atomic E-state index is 11.4. The monoisotopic (exact) mass is 295 g/mol. The van der Waals surface area contributed by atoms with Crippen molar-refractivity contribution in [2.75, 3.05) is 39.5 Å². The van der Waals surface area contributed by atoms with Gasteiger partial charge in [0.25, 0.3) is 0 Å². The summed E-state index contributed by atoms with van der Waals surface area (Å²) in [6.07, 6.45) is 0.772. The predicted octanol–water partition coefficient (Wildman–Crippen LogP) is 0.789. The van der Waals surface area contributed by atoms with Gasteiger partial charge >= 0.3 is 5.97 Å². The number of ether oxygens (including phenoxy) is 2. The van der Waals surface area contributed by atoms with Crippen molar-refractivity contribution in [1.82, 2.24) is 15.1 Å². The molecule has 6 nitrogen and oxygen atoms in total. The molecule has 1 aliphatic heterocycles. The Hall–Kier alpha value is -1.49. The summed E-state index contributed by atoms with van der Waals surface area (Å²) >= 11 is 1.16. The van der Waals surface area contributed by atoms with Gasteiger partial charge < -0.3 is 9.47 Å². The van der Waals surface area contributed by atoms with E-state index in [1.54, 1.807) is 6.92 Å². The van der Waals surface area contributed by atoms with E-state index in [-0.39, 0.29) is 5.01 Å². The molecule has 0 aliphatic carbocycles. The zero-order valence-electron chi connectivity index (χ0n) is 11.4. The third-order valence-electron chi connectivity index (χ3n) is 2.73. The molecule has 0 saturated carbocycles. The van der Waals surface area contributed by atoms with E-state index in [9.17, 15) is 4.79 Å². The van der Waals surface area contributed by atoms with E-state index in [0.29, 0.717) is 11.6 Å². The van der Waals surface area contributed by atoms with E-state index in [1.165, 1.54) is 0 Å². The summed E-state index contributed by atoms with van der Waals surface area (Å²) in [6.45, 7) is 6.55. The number of rotatable bonds is 4.